The topological polar surface area (TPSA) is 394 Å². The molecule has 0 aliphatic heterocycles. The Hall–Kier alpha value is -8.53. The number of Topliss-reactive ketones (excluding diaryl/α,β-unsaturated/α-hetero) is 4. The predicted octanol–water partition coefficient (Wildman–Crippen LogP) is -0.462. The molecule has 0 aromatic carbocycles. The SMILES string of the molecule is CC(C)c1nsc(-c2cnn(C)c2C(=O)CO)n1.Cc1ccnc(-c2cnn(C)c2C(=O)CO)n1.Cc1cnc(-c2cnn(C)c2C(=O)CO)s1.Cc1cncc(-c2cnn(C)c2C(=O)CO)n1.Cc1cncc(-c2cnn(C)c2C(=O)[O-])n1.[Na+]. The Kier molecular flexibility index (Phi) is 24.4. The summed E-state index contributed by atoms with van der Waals surface area (Å²) in [5, 5.41) is 68.0. The van der Waals surface area contributed by atoms with Gasteiger partial charge in [-0.15, -0.1) is 11.3 Å². The fraction of sp³-hybridized carbons (Fsp3) is 0.302. The van der Waals surface area contributed by atoms with Gasteiger partial charge in [0.2, 0.25) is 23.1 Å². The molecule has 0 saturated heterocycles. The van der Waals surface area contributed by atoms with Crippen molar-refractivity contribution >= 4 is 52.0 Å². The van der Waals surface area contributed by atoms with E-state index in [1.165, 1.54) is 71.9 Å². The van der Waals surface area contributed by atoms with Crippen molar-refractivity contribution < 1.29 is 79.1 Å². The minimum absolute atomic E-state index is 0. The van der Waals surface area contributed by atoms with Gasteiger partial charge in [0.25, 0.3) is 0 Å². The van der Waals surface area contributed by atoms with Crippen LogP contribution in [0, 0.1) is 27.7 Å². The van der Waals surface area contributed by atoms with E-state index >= 15 is 0 Å². The van der Waals surface area contributed by atoms with Crippen LogP contribution in [0.1, 0.15) is 100.0 Å². The Labute approximate surface area is 515 Å². The van der Waals surface area contributed by atoms with E-state index < -0.39 is 38.2 Å². The molecule has 32 heteroatoms. The molecule has 0 unspecified atom stereocenters. The van der Waals surface area contributed by atoms with E-state index in [0.717, 1.165) is 27.1 Å². The monoisotopic (exact) mass is 1210 g/mol. The smallest absolute Gasteiger partial charge is 0.543 e. The molecule has 0 spiro atoms. The fourth-order valence-corrected chi connectivity index (χ4v) is 9.32. The van der Waals surface area contributed by atoms with Crippen LogP contribution in [-0.2, 0) is 35.2 Å². The quantitative estimate of drug-likeness (QED) is 0.0745. The second-order valence-corrected chi connectivity index (χ2v) is 20.3. The molecule has 0 saturated carbocycles. The first kappa shape index (κ1) is 67.3. The first-order valence-corrected chi connectivity index (χ1v) is 26.6. The van der Waals surface area contributed by atoms with Crippen LogP contribution in [0.5, 0.6) is 0 Å². The van der Waals surface area contributed by atoms with Gasteiger partial charge >= 0.3 is 29.6 Å². The largest absolute Gasteiger partial charge is 1.00 e. The summed E-state index contributed by atoms with van der Waals surface area (Å²) >= 11 is 2.74. The van der Waals surface area contributed by atoms with Crippen LogP contribution in [0.4, 0.5) is 0 Å². The minimum Gasteiger partial charge on any atom is -0.543 e. The zero-order chi connectivity index (χ0) is 61.5. The molecule has 0 bridgehead atoms. The van der Waals surface area contributed by atoms with Crippen molar-refractivity contribution in [3.63, 3.8) is 0 Å². The van der Waals surface area contributed by atoms with Gasteiger partial charge in [0.1, 0.15) is 65.0 Å². The third-order valence-electron chi connectivity index (χ3n) is 11.7. The van der Waals surface area contributed by atoms with Gasteiger partial charge in [-0.05, 0) is 45.3 Å². The molecule has 438 valence electrons. The normalized spacial score (nSPS) is 10.5. The minimum atomic E-state index is -1.28. The summed E-state index contributed by atoms with van der Waals surface area (Å²) in [6, 6.07) is 1.77. The summed E-state index contributed by atoms with van der Waals surface area (Å²) < 4.78 is 11.2. The number of aliphatic hydroxyl groups excluding tert-OH is 4. The van der Waals surface area contributed by atoms with Crippen molar-refractivity contribution in [2.24, 2.45) is 35.2 Å². The number of rotatable bonds is 15. The molecule has 4 N–H and O–H groups in total. The van der Waals surface area contributed by atoms with Gasteiger partial charge in [-0.25, -0.2) is 29.9 Å². The molecule has 0 atom stereocenters. The summed E-state index contributed by atoms with van der Waals surface area (Å²) in [6.45, 7) is 9.25. The fourth-order valence-electron chi connectivity index (χ4n) is 7.73. The molecule has 0 aliphatic carbocycles. The van der Waals surface area contributed by atoms with Gasteiger partial charge in [0.15, 0.2) is 5.82 Å². The van der Waals surface area contributed by atoms with Crippen LogP contribution in [-0.4, -0.2) is 169 Å². The average Bonchev–Trinajstić information content (AvgIpc) is 4.23. The van der Waals surface area contributed by atoms with Crippen molar-refractivity contribution in [1.82, 2.24) is 93.1 Å². The molecule has 0 amide bonds. The maximum atomic E-state index is 11.7. The third-order valence-corrected chi connectivity index (χ3v) is 13.4. The summed E-state index contributed by atoms with van der Waals surface area (Å²) in [7, 11) is 8.17. The van der Waals surface area contributed by atoms with Crippen molar-refractivity contribution in [2.75, 3.05) is 26.4 Å². The number of nitrogens with zero attached hydrogens (tertiary/aromatic N) is 19. The predicted molar refractivity (Wildman–Crippen MR) is 302 cm³/mol. The van der Waals surface area contributed by atoms with Crippen molar-refractivity contribution in [2.45, 2.75) is 47.5 Å². The number of aromatic nitrogens is 19. The molecule has 0 radical (unpaired) electrons. The number of hydrogen-bond donors (Lipinski definition) is 4. The van der Waals surface area contributed by atoms with Crippen LogP contribution in [0.2, 0.25) is 0 Å². The molecule has 29 nitrogen and oxygen atoms in total. The van der Waals surface area contributed by atoms with Crippen LogP contribution in [0.3, 0.4) is 0 Å². The first-order valence-electron chi connectivity index (χ1n) is 25.1. The molecule has 0 fully saturated rings. The maximum absolute atomic E-state index is 11.7. The van der Waals surface area contributed by atoms with E-state index in [-0.39, 0.29) is 58.5 Å². The number of carboxylic acids is 1. The second-order valence-electron chi connectivity index (χ2n) is 18.3. The number of thiazole rings is 1. The summed E-state index contributed by atoms with van der Waals surface area (Å²) in [5.41, 5.74) is 7.60. The molecular weight excluding hydrogens is 1150 g/mol. The molecule has 10 aromatic heterocycles. The van der Waals surface area contributed by atoms with Crippen LogP contribution in [0.15, 0.2) is 74.2 Å². The number of aromatic carboxylic acids is 1. The van der Waals surface area contributed by atoms with Gasteiger partial charge in [0, 0.05) is 82.1 Å². The van der Waals surface area contributed by atoms with Crippen molar-refractivity contribution in [3.8, 4) is 55.0 Å². The van der Waals surface area contributed by atoms with Gasteiger partial charge in [-0.2, -0.15) is 29.9 Å². The summed E-state index contributed by atoms with van der Waals surface area (Å²) in [5.74, 6) is -1.35. The molecule has 85 heavy (non-hydrogen) atoms. The van der Waals surface area contributed by atoms with Crippen molar-refractivity contribution in [3.05, 3.63) is 130 Å². The van der Waals surface area contributed by atoms with Gasteiger partial charge in [-0.3, -0.25) is 52.6 Å². The molecule has 0 aliphatic rings. The standard InChI is InChI=1S/C11H14N4O2S.2C11H12N4O2.C10H10N4O2.C10H11N3O2S.Na/c1-6(2)10-13-11(18-14-10)7-4-12-15(3)9(7)8(17)5-16;1-7-3-12-5-9(14-7)8-4-13-15(2)11(8)10(17)6-16;1-7-3-4-12-11(14-7)8-5-13-15(2)10(8)9(17)6-16;1-6-3-11-5-8(13-6)7-4-12-14(2)9(7)10(15)16;1-6-3-11-10(16-6)7-4-12-13(2)9(7)8(15)5-14;/h4,6,16H,5H2,1-3H3;2*3-5,16H,6H2,1-2H3;3-5H,1-2H3,(H,15,16);3-4,14H,5H2,1-2H3;/q;;;;;+1/p-1. The Morgan fingerprint density at radius 3 is 1.28 bits per heavy atom. The molecule has 10 aromatic rings. The number of carbonyl (C=O) groups excluding carboxylic acids is 5. The zero-order valence-electron chi connectivity index (χ0n) is 48.4. The third kappa shape index (κ3) is 16.6. The Morgan fingerprint density at radius 1 is 0.494 bits per heavy atom. The van der Waals surface area contributed by atoms with Gasteiger partial charge in [0.05, 0.1) is 100 Å². The van der Waals surface area contributed by atoms with Gasteiger partial charge < -0.3 is 30.3 Å². The van der Waals surface area contributed by atoms with Crippen LogP contribution >= 0.6 is 22.9 Å². The Morgan fingerprint density at radius 2 is 0.894 bits per heavy atom. The van der Waals surface area contributed by atoms with E-state index in [1.54, 1.807) is 90.8 Å². The Bertz CT molecular complexity index is 3850. The van der Waals surface area contributed by atoms with E-state index in [2.05, 4.69) is 69.7 Å². The number of carboxylic acid groups (broad SMARTS) is 1. The average molecular weight is 1210 g/mol. The van der Waals surface area contributed by atoms with E-state index in [9.17, 15) is 29.1 Å². The van der Waals surface area contributed by atoms with Crippen LogP contribution in [0.25, 0.3) is 55.0 Å². The number of aryl methyl sites for hydroxylation is 9. The maximum Gasteiger partial charge on any atom is 1.00 e. The van der Waals surface area contributed by atoms with Crippen LogP contribution < -0.4 is 34.7 Å². The number of carbonyl (C=O) groups is 5. The van der Waals surface area contributed by atoms with E-state index in [4.69, 9.17) is 20.4 Å². The second kappa shape index (κ2) is 30.9. The summed E-state index contributed by atoms with van der Waals surface area (Å²) in [4.78, 5) is 91.9. The zero-order valence-corrected chi connectivity index (χ0v) is 52.0. The van der Waals surface area contributed by atoms with Crippen molar-refractivity contribution in [1.29, 1.82) is 0 Å². The first-order chi connectivity index (χ1) is 40.0. The van der Waals surface area contributed by atoms with Gasteiger partial charge in [-0.1, -0.05) is 13.8 Å². The number of aliphatic hydroxyl groups is 4. The molecular formula is C53H58N19NaO10S2. The Balaban J connectivity index is 0.000000194. The molecule has 10 heterocycles. The summed E-state index contributed by atoms with van der Waals surface area (Å²) in [6.07, 6.45) is 17.4. The van der Waals surface area contributed by atoms with E-state index in [0.29, 0.717) is 78.5 Å². The van der Waals surface area contributed by atoms with E-state index in [1.807, 2.05) is 34.6 Å². The molecule has 10 rings (SSSR count). The number of ketones is 4. The number of hydrogen-bond acceptors (Lipinski definition) is 26.